The average Bonchev–Trinajstić information content (AvgIpc) is 2.33. The maximum Gasteiger partial charge on any atom is 0.446 e. The molecule has 1 rings (SSSR count). The number of rotatable bonds is 4. The van der Waals surface area contributed by atoms with Crippen LogP contribution in [-0.4, -0.2) is 23.2 Å². The Morgan fingerprint density at radius 2 is 2.15 bits per heavy atom. The Labute approximate surface area is 117 Å². The highest BCUT2D eigenvalue weighted by atomic mass is 32.2. The standard InChI is InChI=1S/C12H10F3NO3S/c1-2-19-9(17)5-7-3-4-8(6-16)10(18)11(7)20-12(13,14)15/h3-4,18H,2,5H2,1H3. The van der Waals surface area contributed by atoms with E-state index in [2.05, 4.69) is 4.74 Å². The summed E-state index contributed by atoms with van der Waals surface area (Å²) in [6.07, 6.45) is -0.411. The summed E-state index contributed by atoms with van der Waals surface area (Å²) in [4.78, 5) is 10.8. The number of nitriles is 1. The Balaban J connectivity index is 3.20. The zero-order valence-corrected chi connectivity index (χ0v) is 11.1. The Hall–Kier alpha value is -1.88. The minimum Gasteiger partial charge on any atom is -0.505 e. The summed E-state index contributed by atoms with van der Waals surface area (Å²) in [5.41, 5.74) is -4.97. The number of halogens is 3. The van der Waals surface area contributed by atoms with Gasteiger partial charge in [0.1, 0.15) is 11.8 Å². The lowest BCUT2D eigenvalue weighted by atomic mass is 10.1. The number of phenolic OH excluding ortho intramolecular Hbond substituents is 1. The van der Waals surface area contributed by atoms with Crippen LogP contribution in [-0.2, 0) is 16.0 Å². The number of hydrogen-bond donors (Lipinski definition) is 1. The molecule has 8 heteroatoms. The fourth-order valence-electron chi connectivity index (χ4n) is 1.44. The van der Waals surface area contributed by atoms with Crippen LogP contribution in [0.3, 0.4) is 0 Å². The SMILES string of the molecule is CCOC(=O)Cc1ccc(C#N)c(O)c1SC(F)(F)F. The van der Waals surface area contributed by atoms with Crippen LogP contribution in [0.1, 0.15) is 18.1 Å². The lowest BCUT2D eigenvalue weighted by molar-refractivity contribution is -0.142. The third kappa shape index (κ3) is 4.35. The summed E-state index contributed by atoms with van der Waals surface area (Å²) in [5.74, 6) is -1.49. The Morgan fingerprint density at radius 3 is 2.65 bits per heavy atom. The molecule has 1 N–H and O–H groups in total. The molecule has 0 fully saturated rings. The first-order valence-electron chi connectivity index (χ1n) is 5.44. The number of hydrogen-bond acceptors (Lipinski definition) is 5. The van der Waals surface area contributed by atoms with E-state index < -0.39 is 40.3 Å². The lowest BCUT2D eigenvalue weighted by Gasteiger charge is -2.13. The highest BCUT2D eigenvalue weighted by Gasteiger charge is 2.33. The first-order valence-corrected chi connectivity index (χ1v) is 6.26. The predicted octanol–water partition coefficient (Wildman–Crippen LogP) is 2.98. The van der Waals surface area contributed by atoms with E-state index in [1.807, 2.05) is 0 Å². The van der Waals surface area contributed by atoms with Gasteiger partial charge in [0.2, 0.25) is 0 Å². The summed E-state index contributed by atoms with van der Waals surface area (Å²) in [6.45, 7) is 1.67. The molecule has 0 unspecified atom stereocenters. The van der Waals surface area contributed by atoms with Crippen LogP contribution in [0.4, 0.5) is 13.2 Å². The summed E-state index contributed by atoms with van der Waals surface area (Å²) in [7, 11) is 0. The number of phenols is 1. The Kier molecular flexibility index (Phi) is 5.27. The fourth-order valence-corrected chi connectivity index (χ4v) is 2.15. The van der Waals surface area contributed by atoms with Crippen molar-refractivity contribution in [3.8, 4) is 11.8 Å². The fraction of sp³-hybridized carbons (Fsp3) is 0.333. The van der Waals surface area contributed by atoms with Crippen LogP contribution in [0.2, 0.25) is 0 Å². The number of nitrogens with zero attached hydrogens (tertiary/aromatic N) is 1. The molecule has 0 aliphatic rings. The van der Waals surface area contributed by atoms with Gasteiger partial charge in [-0.3, -0.25) is 4.79 Å². The molecular formula is C12H10F3NO3S. The van der Waals surface area contributed by atoms with Crippen LogP contribution >= 0.6 is 11.8 Å². The van der Waals surface area contributed by atoms with E-state index in [9.17, 15) is 23.1 Å². The number of esters is 1. The van der Waals surface area contributed by atoms with Gasteiger partial charge in [-0.2, -0.15) is 18.4 Å². The first kappa shape index (κ1) is 16.2. The van der Waals surface area contributed by atoms with E-state index >= 15 is 0 Å². The molecule has 1 aromatic carbocycles. The molecule has 0 atom stereocenters. The summed E-state index contributed by atoms with van der Waals surface area (Å²) < 4.78 is 42.1. The van der Waals surface area contributed by atoms with Gasteiger partial charge < -0.3 is 9.84 Å². The van der Waals surface area contributed by atoms with Gasteiger partial charge in [-0.1, -0.05) is 6.07 Å². The van der Waals surface area contributed by atoms with Gasteiger partial charge in [-0.15, -0.1) is 0 Å². The van der Waals surface area contributed by atoms with Crippen molar-refractivity contribution in [2.24, 2.45) is 0 Å². The van der Waals surface area contributed by atoms with Crippen molar-refractivity contribution >= 4 is 17.7 Å². The number of aromatic hydroxyl groups is 1. The van der Waals surface area contributed by atoms with Crippen LogP contribution < -0.4 is 0 Å². The Bertz CT molecular complexity index is 552. The molecule has 0 saturated carbocycles. The average molecular weight is 305 g/mol. The van der Waals surface area contributed by atoms with Gasteiger partial charge >= 0.3 is 11.5 Å². The van der Waals surface area contributed by atoms with Gasteiger partial charge in [0.15, 0.2) is 0 Å². The van der Waals surface area contributed by atoms with Crippen molar-refractivity contribution in [2.75, 3.05) is 6.61 Å². The summed E-state index contributed by atoms with van der Waals surface area (Å²) in [6, 6.07) is 3.94. The summed E-state index contributed by atoms with van der Waals surface area (Å²) >= 11 is -0.565. The van der Waals surface area contributed by atoms with E-state index in [0.29, 0.717) is 0 Å². The first-order chi connectivity index (χ1) is 9.28. The number of alkyl halides is 3. The van der Waals surface area contributed by atoms with Crippen LogP contribution in [0.5, 0.6) is 5.75 Å². The van der Waals surface area contributed by atoms with E-state index in [4.69, 9.17) is 5.26 Å². The molecule has 0 aliphatic heterocycles. The number of thioether (sulfide) groups is 1. The lowest BCUT2D eigenvalue weighted by Crippen LogP contribution is -2.10. The molecule has 0 amide bonds. The van der Waals surface area contributed by atoms with Crippen LogP contribution in [0, 0.1) is 11.3 Å². The normalized spacial score (nSPS) is 10.9. The highest BCUT2D eigenvalue weighted by molar-refractivity contribution is 8.00. The molecule has 0 spiro atoms. The predicted molar refractivity (Wildman–Crippen MR) is 65.1 cm³/mol. The van der Waals surface area contributed by atoms with Crippen LogP contribution in [0.25, 0.3) is 0 Å². The molecule has 1 aromatic rings. The molecule has 0 aliphatic carbocycles. The molecule has 108 valence electrons. The molecule has 20 heavy (non-hydrogen) atoms. The molecule has 0 aromatic heterocycles. The van der Waals surface area contributed by atoms with Crippen molar-refractivity contribution in [1.29, 1.82) is 5.26 Å². The zero-order valence-electron chi connectivity index (χ0n) is 10.3. The summed E-state index contributed by atoms with van der Waals surface area (Å²) in [5, 5.41) is 18.4. The number of carbonyl (C=O) groups is 1. The van der Waals surface area contributed by atoms with Crippen molar-refractivity contribution < 1.29 is 27.8 Å². The number of benzene rings is 1. The van der Waals surface area contributed by atoms with Gasteiger partial charge in [-0.05, 0) is 30.3 Å². The maximum atomic E-state index is 12.5. The molecule has 4 nitrogen and oxygen atoms in total. The van der Waals surface area contributed by atoms with Gasteiger partial charge in [0, 0.05) is 0 Å². The van der Waals surface area contributed by atoms with E-state index in [1.54, 1.807) is 13.0 Å². The highest BCUT2D eigenvalue weighted by Crippen LogP contribution is 2.44. The molecular weight excluding hydrogens is 295 g/mol. The minimum atomic E-state index is -4.64. The molecule has 0 bridgehead atoms. The van der Waals surface area contributed by atoms with Gasteiger partial charge in [0.25, 0.3) is 0 Å². The van der Waals surface area contributed by atoms with E-state index in [-0.39, 0.29) is 17.7 Å². The van der Waals surface area contributed by atoms with E-state index in [1.165, 1.54) is 6.07 Å². The van der Waals surface area contributed by atoms with Crippen molar-refractivity contribution in [1.82, 2.24) is 0 Å². The number of ether oxygens (including phenoxy) is 1. The monoisotopic (exact) mass is 305 g/mol. The van der Waals surface area contributed by atoms with Gasteiger partial charge in [-0.25, -0.2) is 0 Å². The number of carbonyl (C=O) groups excluding carboxylic acids is 1. The Morgan fingerprint density at radius 1 is 1.50 bits per heavy atom. The molecule has 0 heterocycles. The second kappa shape index (κ2) is 6.52. The minimum absolute atomic E-state index is 0.0396. The van der Waals surface area contributed by atoms with Crippen molar-refractivity contribution in [3.05, 3.63) is 23.3 Å². The van der Waals surface area contributed by atoms with Crippen LogP contribution in [0.15, 0.2) is 17.0 Å². The van der Waals surface area contributed by atoms with Crippen molar-refractivity contribution in [3.63, 3.8) is 0 Å². The third-order valence-corrected chi connectivity index (χ3v) is 3.08. The third-order valence-electron chi connectivity index (χ3n) is 2.19. The van der Waals surface area contributed by atoms with E-state index in [0.717, 1.165) is 6.07 Å². The largest absolute Gasteiger partial charge is 0.505 e. The molecule has 0 radical (unpaired) electrons. The zero-order chi connectivity index (χ0) is 15.3. The quantitative estimate of drug-likeness (QED) is 0.684. The maximum absolute atomic E-state index is 12.5. The second-order valence-electron chi connectivity index (χ2n) is 3.59. The second-order valence-corrected chi connectivity index (χ2v) is 4.67. The molecule has 0 saturated heterocycles. The smallest absolute Gasteiger partial charge is 0.446 e. The van der Waals surface area contributed by atoms with Gasteiger partial charge in [0.05, 0.1) is 23.5 Å². The van der Waals surface area contributed by atoms with Crippen molar-refractivity contribution in [2.45, 2.75) is 23.7 Å². The topological polar surface area (TPSA) is 70.3 Å².